The molecule has 0 radical (unpaired) electrons. The van der Waals surface area contributed by atoms with Crippen molar-refractivity contribution in [3.63, 3.8) is 0 Å². The highest BCUT2D eigenvalue weighted by atomic mass is 32.2. The summed E-state index contributed by atoms with van der Waals surface area (Å²) >= 11 is 0. The Bertz CT molecular complexity index is 584. The summed E-state index contributed by atoms with van der Waals surface area (Å²) in [6.07, 6.45) is 1.42. The summed E-state index contributed by atoms with van der Waals surface area (Å²) in [7, 11) is -3.17. The number of piperidine rings is 1. The maximum absolute atomic E-state index is 12.9. The fourth-order valence-electron chi connectivity index (χ4n) is 2.85. The molecule has 23 heavy (non-hydrogen) atoms. The average Bonchev–Trinajstić information content (AvgIpc) is 2.49. The van der Waals surface area contributed by atoms with Crippen LogP contribution >= 0.6 is 0 Å². The van der Waals surface area contributed by atoms with Crippen LogP contribution in [0.3, 0.4) is 0 Å². The summed E-state index contributed by atoms with van der Waals surface area (Å²) in [6.45, 7) is 3.79. The van der Waals surface area contributed by atoms with Gasteiger partial charge in [-0.3, -0.25) is 0 Å². The van der Waals surface area contributed by atoms with Gasteiger partial charge in [-0.1, -0.05) is 19.1 Å². The van der Waals surface area contributed by atoms with Gasteiger partial charge in [0.25, 0.3) is 0 Å². The molecule has 1 fully saturated rings. The number of likely N-dealkylation sites (tertiary alicyclic amines) is 1. The van der Waals surface area contributed by atoms with Crippen LogP contribution in [0.5, 0.6) is 0 Å². The van der Waals surface area contributed by atoms with Crippen LogP contribution in [-0.2, 0) is 10.0 Å². The Morgan fingerprint density at radius 2 is 1.91 bits per heavy atom. The molecule has 1 atom stereocenters. The second kappa shape index (κ2) is 8.19. The predicted molar refractivity (Wildman–Crippen MR) is 88.0 cm³/mol. The summed E-state index contributed by atoms with van der Waals surface area (Å²) < 4.78 is 39.2. The van der Waals surface area contributed by atoms with Crippen molar-refractivity contribution < 1.29 is 17.9 Å². The van der Waals surface area contributed by atoms with Crippen LogP contribution in [0.25, 0.3) is 0 Å². The Balaban J connectivity index is 1.79. The number of hydrogen-bond acceptors (Lipinski definition) is 4. The third-order valence-corrected chi connectivity index (χ3v) is 5.73. The molecule has 130 valence electrons. The monoisotopic (exact) mass is 344 g/mol. The number of aliphatic hydroxyl groups is 1. The van der Waals surface area contributed by atoms with Gasteiger partial charge in [-0.25, -0.2) is 17.5 Å². The zero-order valence-electron chi connectivity index (χ0n) is 13.4. The third-order valence-electron chi connectivity index (χ3n) is 4.09. The fraction of sp³-hybridized carbons (Fsp3) is 0.625. The van der Waals surface area contributed by atoms with Crippen LogP contribution in [0.4, 0.5) is 4.39 Å². The van der Waals surface area contributed by atoms with E-state index >= 15 is 0 Å². The molecule has 2 rings (SSSR count). The first-order chi connectivity index (χ1) is 10.9. The van der Waals surface area contributed by atoms with Crippen LogP contribution in [0.2, 0.25) is 0 Å². The number of aliphatic hydroxyl groups excluding tert-OH is 1. The zero-order chi connectivity index (χ0) is 16.9. The highest BCUT2D eigenvalue weighted by molar-refractivity contribution is 7.89. The molecule has 0 bridgehead atoms. The average molecular weight is 344 g/mol. The molecule has 1 heterocycles. The van der Waals surface area contributed by atoms with Crippen molar-refractivity contribution in [2.24, 2.45) is 0 Å². The number of β-amino-alcohol motifs (C(OH)–C–C–N with tert-alkyl or cyclic N) is 1. The lowest BCUT2D eigenvalue weighted by atomic mass is 10.0. The summed E-state index contributed by atoms with van der Waals surface area (Å²) in [4.78, 5) is 2.11. The van der Waals surface area contributed by atoms with E-state index in [0.717, 1.165) is 25.9 Å². The number of benzene rings is 1. The fourth-order valence-corrected chi connectivity index (χ4v) is 4.25. The second-order valence-electron chi connectivity index (χ2n) is 6.08. The molecule has 1 aromatic carbocycles. The maximum Gasteiger partial charge on any atom is 0.211 e. The molecule has 1 aliphatic rings. The molecule has 0 amide bonds. The Labute approximate surface area is 137 Å². The Hall–Kier alpha value is -1.02. The Morgan fingerprint density at radius 3 is 2.48 bits per heavy atom. The van der Waals surface area contributed by atoms with Crippen molar-refractivity contribution in [2.75, 3.05) is 25.4 Å². The molecule has 1 aliphatic heterocycles. The number of nitrogens with one attached hydrogen (secondary N) is 1. The molecule has 0 saturated carbocycles. The molecule has 0 aliphatic carbocycles. The van der Waals surface area contributed by atoms with Crippen LogP contribution in [0.1, 0.15) is 37.9 Å². The predicted octanol–water partition coefficient (Wildman–Crippen LogP) is 1.65. The largest absolute Gasteiger partial charge is 0.387 e. The Morgan fingerprint density at radius 1 is 1.30 bits per heavy atom. The summed E-state index contributed by atoms with van der Waals surface area (Å²) in [5.74, 6) is -0.155. The number of nitrogens with zero attached hydrogens (tertiary/aromatic N) is 1. The molecule has 0 unspecified atom stereocenters. The van der Waals surface area contributed by atoms with E-state index in [1.165, 1.54) is 12.1 Å². The van der Waals surface area contributed by atoms with Gasteiger partial charge in [0.2, 0.25) is 10.0 Å². The minimum Gasteiger partial charge on any atom is -0.387 e. The van der Waals surface area contributed by atoms with E-state index < -0.39 is 16.1 Å². The minimum absolute atomic E-state index is 0.0224. The van der Waals surface area contributed by atoms with Gasteiger partial charge in [-0.15, -0.1) is 0 Å². The summed E-state index contributed by atoms with van der Waals surface area (Å²) in [6, 6.07) is 5.84. The highest BCUT2D eigenvalue weighted by Crippen LogP contribution is 2.18. The maximum atomic E-state index is 12.9. The van der Waals surface area contributed by atoms with Gasteiger partial charge in [0.05, 0.1) is 11.9 Å². The van der Waals surface area contributed by atoms with Gasteiger partial charge in [-0.05, 0) is 50.0 Å². The molecule has 7 heteroatoms. The number of halogens is 1. The van der Waals surface area contributed by atoms with E-state index in [1.807, 2.05) is 6.92 Å². The molecular formula is C16H25FN2O3S. The van der Waals surface area contributed by atoms with E-state index in [-0.39, 0.29) is 17.6 Å². The van der Waals surface area contributed by atoms with E-state index in [0.29, 0.717) is 18.5 Å². The van der Waals surface area contributed by atoms with Crippen LogP contribution in [-0.4, -0.2) is 49.9 Å². The summed E-state index contributed by atoms with van der Waals surface area (Å²) in [5, 5.41) is 10.2. The number of hydrogen-bond donors (Lipinski definition) is 2. The first-order valence-electron chi connectivity index (χ1n) is 8.05. The van der Waals surface area contributed by atoms with Gasteiger partial charge >= 0.3 is 0 Å². The van der Waals surface area contributed by atoms with Crippen molar-refractivity contribution in [2.45, 2.75) is 38.3 Å². The SMILES string of the molecule is CCCS(=O)(=O)NC1CCN(C[C@@H](O)c2ccc(F)cc2)CC1. The van der Waals surface area contributed by atoms with Gasteiger partial charge in [0.15, 0.2) is 0 Å². The highest BCUT2D eigenvalue weighted by Gasteiger charge is 2.24. The number of sulfonamides is 1. The molecule has 0 aromatic heterocycles. The third kappa shape index (κ3) is 5.84. The first-order valence-corrected chi connectivity index (χ1v) is 9.70. The lowest BCUT2D eigenvalue weighted by molar-refractivity contribution is 0.0963. The molecule has 5 nitrogen and oxygen atoms in total. The van der Waals surface area contributed by atoms with Crippen molar-refractivity contribution in [3.05, 3.63) is 35.6 Å². The smallest absolute Gasteiger partial charge is 0.211 e. The van der Waals surface area contributed by atoms with E-state index in [4.69, 9.17) is 0 Å². The lowest BCUT2D eigenvalue weighted by Crippen LogP contribution is -2.46. The van der Waals surface area contributed by atoms with Gasteiger partial charge < -0.3 is 10.0 Å². The number of rotatable bonds is 7. The standard InChI is InChI=1S/C16H25FN2O3S/c1-2-11-23(21,22)18-15-7-9-19(10-8-15)12-16(20)13-3-5-14(17)6-4-13/h3-6,15-16,18,20H,2,7-12H2,1H3/t16-/m1/s1. The van der Waals surface area contributed by atoms with Crippen molar-refractivity contribution in [3.8, 4) is 0 Å². The molecule has 2 N–H and O–H groups in total. The van der Waals surface area contributed by atoms with E-state index in [2.05, 4.69) is 9.62 Å². The quantitative estimate of drug-likeness (QED) is 0.789. The Kier molecular flexibility index (Phi) is 6.52. The van der Waals surface area contributed by atoms with Crippen LogP contribution in [0, 0.1) is 5.82 Å². The lowest BCUT2D eigenvalue weighted by Gasteiger charge is -2.33. The van der Waals surface area contributed by atoms with Crippen LogP contribution < -0.4 is 4.72 Å². The second-order valence-corrected chi connectivity index (χ2v) is 7.95. The van der Waals surface area contributed by atoms with Crippen molar-refractivity contribution in [1.82, 2.24) is 9.62 Å². The normalized spacial score (nSPS) is 18.9. The van der Waals surface area contributed by atoms with Gasteiger partial charge in [0.1, 0.15) is 5.82 Å². The topological polar surface area (TPSA) is 69.6 Å². The van der Waals surface area contributed by atoms with Crippen LogP contribution in [0.15, 0.2) is 24.3 Å². The van der Waals surface area contributed by atoms with E-state index in [1.54, 1.807) is 12.1 Å². The molecule has 1 aromatic rings. The van der Waals surface area contributed by atoms with Crippen molar-refractivity contribution in [1.29, 1.82) is 0 Å². The first kappa shape index (κ1) is 18.3. The molecular weight excluding hydrogens is 319 g/mol. The molecule has 1 saturated heterocycles. The van der Waals surface area contributed by atoms with Gasteiger partial charge in [0, 0.05) is 12.6 Å². The van der Waals surface area contributed by atoms with Gasteiger partial charge in [-0.2, -0.15) is 0 Å². The zero-order valence-corrected chi connectivity index (χ0v) is 14.2. The molecule has 0 spiro atoms. The van der Waals surface area contributed by atoms with E-state index in [9.17, 15) is 17.9 Å². The van der Waals surface area contributed by atoms with Crippen molar-refractivity contribution >= 4 is 10.0 Å². The summed E-state index contributed by atoms with van der Waals surface area (Å²) in [5.41, 5.74) is 0.692. The minimum atomic E-state index is -3.17.